The quantitative estimate of drug-likeness (QED) is 0.537. The zero-order valence-corrected chi connectivity index (χ0v) is 18.3. The zero-order valence-electron chi connectivity index (χ0n) is 17.5. The summed E-state index contributed by atoms with van der Waals surface area (Å²) in [5.41, 5.74) is 1.63. The van der Waals surface area contributed by atoms with Gasteiger partial charge in [-0.15, -0.1) is 10.2 Å². The second-order valence-corrected chi connectivity index (χ2v) is 9.92. The molecule has 30 heavy (non-hydrogen) atoms. The van der Waals surface area contributed by atoms with Crippen LogP contribution in [0.1, 0.15) is 46.6 Å². The summed E-state index contributed by atoms with van der Waals surface area (Å²) in [7, 11) is 0. The Kier molecular flexibility index (Phi) is 5.31. The van der Waals surface area contributed by atoms with Crippen molar-refractivity contribution in [1.29, 1.82) is 0 Å². The van der Waals surface area contributed by atoms with Gasteiger partial charge >= 0.3 is 6.03 Å². The largest absolute Gasteiger partial charge is 0.360 e. The van der Waals surface area contributed by atoms with Gasteiger partial charge in [-0.3, -0.25) is 14.7 Å². The van der Waals surface area contributed by atoms with Crippen LogP contribution in [-0.2, 0) is 4.79 Å². The van der Waals surface area contributed by atoms with Gasteiger partial charge in [0.25, 0.3) is 0 Å². The maximum Gasteiger partial charge on any atom is 0.321 e. The first kappa shape index (κ1) is 20.5. The summed E-state index contributed by atoms with van der Waals surface area (Å²) in [4.78, 5) is 27.8. The number of carbonyl (C=O) groups is 2. The Balaban J connectivity index is 1.54. The molecule has 1 atom stereocenters. The highest BCUT2D eigenvalue weighted by Gasteiger charge is 2.32. The van der Waals surface area contributed by atoms with Gasteiger partial charge in [-0.1, -0.05) is 30.0 Å². The van der Waals surface area contributed by atoms with Crippen molar-refractivity contribution in [2.75, 3.05) is 0 Å². The molecule has 8 nitrogen and oxygen atoms in total. The normalized spacial score (nSPS) is 15.2. The number of nitrogens with one attached hydrogen (secondary N) is 3. The number of nitrogens with zero attached hydrogens (tertiary/aromatic N) is 3. The maximum absolute atomic E-state index is 12.5. The van der Waals surface area contributed by atoms with E-state index in [1.807, 2.05) is 45.2 Å². The summed E-state index contributed by atoms with van der Waals surface area (Å²) in [5, 5.41) is 15.3. The van der Waals surface area contributed by atoms with Crippen LogP contribution in [0.15, 0.2) is 35.6 Å². The van der Waals surface area contributed by atoms with Crippen LogP contribution in [0.3, 0.4) is 0 Å². The molecule has 0 unspecified atom stereocenters. The third-order valence-electron chi connectivity index (χ3n) is 4.78. The number of fused-ring (bicyclic) bond motifs is 1. The number of urea groups is 1. The van der Waals surface area contributed by atoms with Crippen LogP contribution in [0.25, 0.3) is 22.3 Å². The first-order valence-corrected chi connectivity index (χ1v) is 10.9. The van der Waals surface area contributed by atoms with Crippen LogP contribution in [0.5, 0.6) is 0 Å². The molecule has 158 valence electrons. The lowest BCUT2D eigenvalue weighted by atomic mass is 10.1. The second kappa shape index (κ2) is 7.79. The summed E-state index contributed by atoms with van der Waals surface area (Å²) in [6.45, 7) is 7.35. The Morgan fingerprint density at radius 1 is 1.23 bits per heavy atom. The van der Waals surface area contributed by atoms with Gasteiger partial charge in [0.2, 0.25) is 5.91 Å². The van der Waals surface area contributed by atoms with Crippen molar-refractivity contribution >= 4 is 34.6 Å². The average molecular weight is 427 g/mol. The standard InChI is InChI=1S/C21H26N6O2S/c1-12(18(28)23-19(29)24-21(2,3)4)30-20-26-25-17(27(20)13-9-10-13)15-11-22-16-8-6-5-7-14(15)16/h5-8,11-13,22H,9-10H2,1-4H3,(H2,23,24,28,29)/t12-/m1/s1. The van der Waals surface area contributed by atoms with Crippen LogP contribution in [-0.4, -0.2) is 42.5 Å². The van der Waals surface area contributed by atoms with E-state index in [1.54, 1.807) is 6.92 Å². The molecule has 0 bridgehead atoms. The third-order valence-corrected chi connectivity index (χ3v) is 5.84. The van der Waals surface area contributed by atoms with E-state index in [9.17, 15) is 9.59 Å². The van der Waals surface area contributed by atoms with Crippen molar-refractivity contribution in [2.24, 2.45) is 0 Å². The number of amides is 3. The topological polar surface area (TPSA) is 105 Å². The molecule has 3 N–H and O–H groups in total. The minimum atomic E-state index is -0.497. The SMILES string of the molecule is C[C@@H](Sc1nnc(-c2c[nH]c3ccccc23)n1C1CC1)C(=O)NC(=O)NC(C)(C)C. The lowest BCUT2D eigenvalue weighted by Gasteiger charge is -2.21. The molecule has 2 aromatic heterocycles. The summed E-state index contributed by atoms with van der Waals surface area (Å²) in [6, 6.07) is 7.92. The number of rotatable bonds is 5. The summed E-state index contributed by atoms with van der Waals surface area (Å²) < 4.78 is 2.12. The third kappa shape index (κ3) is 4.35. The lowest BCUT2D eigenvalue weighted by molar-refractivity contribution is -0.119. The number of carbonyl (C=O) groups excluding carboxylic acids is 2. The summed E-state index contributed by atoms with van der Waals surface area (Å²) in [5.74, 6) is 0.441. The van der Waals surface area contributed by atoms with Gasteiger partial charge in [-0.05, 0) is 46.6 Å². The molecule has 3 amide bonds. The molecule has 0 radical (unpaired) electrons. The number of hydrogen-bond donors (Lipinski definition) is 3. The zero-order chi connectivity index (χ0) is 21.5. The highest BCUT2D eigenvalue weighted by Crippen LogP contribution is 2.42. The predicted octanol–water partition coefficient (Wildman–Crippen LogP) is 3.87. The van der Waals surface area contributed by atoms with E-state index in [0.717, 1.165) is 35.1 Å². The smallest absolute Gasteiger partial charge is 0.321 e. The molecule has 1 aliphatic carbocycles. The number of imide groups is 1. The molecule has 4 rings (SSSR count). The molecule has 0 saturated heterocycles. The monoisotopic (exact) mass is 426 g/mol. The minimum absolute atomic E-state index is 0.339. The van der Waals surface area contributed by atoms with Crippen molar-refractivity contribution < 1.29 is 9.59 Å². The number of thioether (sulfide) groups is 1. The molecule has 2 heterocycles. The number of H-pyrrole nitrogens is 1. The number of aromatic amines is 1. The van der Waals surface area contributed by atoms with Gasteiger partial charge in [0.15, 0.2) is 11.0 Å². The predicted molar refractivity (Wildman–Crippen MR) is 117 cm³/mol. The van der Waals surface area contributed by atoms with Crippen LogP contribution in [0.4, 0.5) is 4.79 Å². The van der Waals surface area contributed by atoms with Gasteiger partial charge < -0.3 is 10.3 Å². The fraction of sp³-hybridized carbons (Fsp3) is 0.429. The van der Waals surface area contributed by atoms with Gasteiger partial charge in [0.1, 0.15) is 0 Å². The Labute approximate surface area is 179 Å². The Bertz CT molecular complexity index is 1090. The van der Waals surface area contributed by atoms with E-state index in [0.29, 0.717) is 11.2 Å². The molecule has 9 heteroatoms. The van der Waals surface area contributed by atoms with E-state index in [2.05, 4.69) is 36.4 Å². The summed E-state index contributed by atoms with van der Waals surface area (Å²) in [6.07, 6.45) is 4.08. The first-order chi connectivity index (χ1) is 14.2. The van der Waals surface area contributed by atoms with Crippen molar-refractivity contribution in [1.82, 2.24) is 30.4 Å². The van der Waals surface area contributed by atoms with Gasteiger partial charge in [0, 0.05) is 34.2 Å². The maximum atomic E-state index is 12.5. The summed E-state index contributed by atoms with van der Waals surface area (Å²) >= 11 is 1.32. The molecule has 3 aromatic rings. The lowest BCUT2D eigenvalue weighted by Crippen LogP contribution is -2.49. The second-order valence-electron chi connectivity index (χ2n) is 8.61. The Hall–Kier alpha value is -2.81. The molecule has 1 aromatic carbocycles. The van der Waals surface area contributed by atoms with E-state index in [1.165, 1.54) is 11.8 Å². The minimum Gasteiger partial charge on any atom is -0.360 e. The first-order valence-electron chi connectivity index (χ1n) is 10.0. The average Bonchev–Trinajstić information content (AvgIpc) is 3.28. The fourth-order valence-electron chi connectivity index (χ4n) is 3.26. The number of para-hydroxylation sites is 1. The van der Waals surface area contributed by atoms with Crippen LogP contribution in [0, 0.1) is 0 Å². The van der Waals surface area contributed by atoms with E-state index >= 15 is 0 Å². The van der Waals surface area contributed by atoms with Crippen molar-refractivity contribution in [2.45, 2.75) is 62.5 Å². The highest BCUT2D eigenvalue weighted by molar-refractivity contribution is 8.00. The van der Waals surface area contributed by atoms with Crippen LogP contribution in [0.2, 0.25) is 0 Å². The van der Waals surface area contributed by atoms with Crippen molar-refractivity contribution in [3.63, 3.8) is 0 Å². The number of hydrogen-bond acceptors (Lipinski definition) is 5. The highest BCUT2D eigenvalue weighted by atomic mass is 32.2. The van der Waals surface area contributed by atoms with Gasteiger partial charge in [0.05, 0.1) is 5.25 Å². The molecular formula is C21H26N6O2S. The van der Waals surface area contributed by atoms with E-state index in [4.69, 9.17) is 0 Å². The van der Waals surface area contributed by atoms with Crippen molar-refractivity contribution in [3.8, 4) is 11.4 Å². The number of aromatic nitrogens is 4. The number of benzene rings is 1. The van der Waals surface area contributed by atoms with E-state index < -0.39 is 16.8 Å². The van der Waals surface area contributed by atoms with Crippen molar-refractivity contribution in [3.05, 3.63) is 30.5 Å². The Morgan fingerprint density at radius 3 is 2.67 bits per heavy atom. The van der Waals surface area contributed by atoms with Crippen LogP contribution < -0.4 is 10.6 Å². The van der Waals surface area contributed by atoms with E-state index in [-0.39, 0.29) is 5.91 Å². The molecular weight excluding hydrogens is 400 g/mol. The fourth-order valence-corrected chi connectivity index (χ4v) is 4.18. The molecule has 1 fully saturated rings. The molecule has 1 aliphatic rings. The van der Waals surface area contributed by atoms with Crippen LogP contribution >= 0.6 is 11.8 Å². The Morgan fingerprint density at radius 2 is 1.97 bits per heavy atom. The molecule has 0 aliphatic heterocycles. The van der Waals surface area contributed by atoms with Gasteiger partial charge in [-0.25, -0.2) is 4.79 Å². The van der Waals surface area contributed by atoms with Gasteiger partial charge in [-0.2, -0.15) is 0 Å². The molecule has 1 saturated carbocycles. The molecule has 0 spiro atoms.